The average Bonchev–Trinajstić information content (AvgIpc) is 3.17. The third-order valence-corrected chi connectivity index (χ3v) is 6.05. The number of carbonyl (C=O) groups excluding carboxylic acids is 1. The van der Waals surface area contributed by atoms with E-state index in [0.717, 1.165) is 48.6 Å². The number of thiazole rings is 1. The SMILES string of the molecule is C#CC(C)(c1ccc(Br)cc1)c1csc(NC(=O)NCCN2CCOCC2)n1. The van der Waals surface area contributed by atoms with Gasteiger partial charge >= 0.3 is 6.03 Å². The number of ether oxygens (including phenoxy) is 1. The lowest BCUT2D eigenvalue weighted by Crippen LogP contribution is -2.42. The molecule has 1 aromatic heterocycles. The van der Waals surface area contributed by atoms with E-state index in [-0.39, 0.29) is 6.03 Å². The Morgan fingerprint density at radius 3 is 2.79 bits per heavy atom. The quantitative estimate of drug-likeness (QED) is 0.646. The van der Waals surface area contributed by atoms with Crippen LogP contribution in [0, 0.1) is 12.3 Å². The normalized spacial score (nSPS) is 16.8. The van der Waals surface area contributed by atoms with E-state index in [2.05, 4.69) is 42.4 Å². The molecule has 2 amide bonds. The molecular weight excluding hydrogens is 440 g/mol. The van der Waals surface area contributed by atoms with Crippen LogP contribution in [0.25, 0.3) is 0 Å². The Hall–Kier alpha value is -1.92. The van der Waals surface area contributed by atoms with Gasteiger partial charge in [0.05, 0.1) is 24.3 Å². The van der Waals surface area contributed by atoms with E-state index in [0.29, 0.717) is 11.7 Å². The number of terminal acetylenes is 1. The molecule has 28 heavy (non-hydrogen) atoms. The van der Waals surface area contributed by atoms with E-state index in [9.17, 15) is 4.79 Å². The summed E-state index contributed by atoms with van der Waals surface area (Å²) in [6.07, 6.45) is 5.85. The standard InChI is InChI=1S/C20H23BrN4O2S/c1-3-20(2,15-4-6-16(21)7-5-15)17-14-28-19(23-17)24-18(26)22-8-9-25-10-12-27-13-11-25/h1,4-7,14H,8-13H2,2H3,(H2,22,23,24,26). The van der Waals surface area contributed by atoms with Crippen LogP contribution in [-0.4, -0.2) is 55.3 Å². The van der Waals surface area contributed by atoms with Crippen molar-refractivity contribution in [2.24, 2.45) is 0 Å². The Labute approximate surface area is 177 Å². The molecule has 0 aliphatic carbocycles. The van der Waals surface area contributed by atoms with Gasteiger partial charge in [0, 0.05) is 36.0 Å². The lowest BCUT2D eigenvalue weighted by Gasteiger charge is -2.26. The predicted octanol–water partition coefficient (Wildman–Crippen LogP) is 3.30. The topological polar surface area (TPSA) is 66.5 Å². The lowest BCUT2D eigenvalue weighted by molar-refractivity contribution is 0.0388. The number of benzene rings is 1. The van der Waals surface area contributed by atoms with E-state index < -0.39 is 5.41 Å². The molecule has 2 aromatic rings. The molecule has 1 atom stereocenters. The Balaban J connectivity index is 1.57. The van der Waals surface area contributed by atoms with Gasteiger partial charge in [-0.05, 0) is 24.6 Å². The summed E-state index contributed by atoms with van der Waals surface area (Å²) in [5.74, 6) is 2.85. The summed E-state index contributed by atoms with van der Waals surface area (Å²) in [5, 5.41) is 8.08. The molecule has 1 unspecified atom stereocenters. The Kier molecular flexibility index (Phi) is 7.08. The fourth-order valence-electron chi connectivity index (χ4n) is 2.94. The molecule has 3 rings (SSSR count). The largest absolute Gasteiger partial charge is 0.379 e. The summed E-state index contributed by atoms with van der Waals surface area (Å²) in [5.41, 5.74) is 1.06. The fourth-order valence-corrected chi connectivity index (χ4v) is 4.02. The molecule has 2 heterocycles. The second-order valence-electron chi connectivity index (χ2n) is 6.65. The van der Waals surface area contributed by atoms with Gasteiger partial charge in [-0.3, -0.25) is 10.2 Å². The van der Waals surface area contributed by atoms with Crippen LogP contribution in [0.3, 0.4) is 0 Å². The maximum atomic E-state index is 12.1. The molecule has 6 nitrogen and oxygen atoms in total. The van der Waals surface area contributed by atoms with E-state index in [1.165, 1.54) is 11.3 Å². The van der Waals surface area contributed by atoms with Crippen LogP contribution in [0.2, 0.25) is 0 Å². The van der Waals surface area contributed by atoms with E-state index in [1.807, 2.05) is 36.6 Å². The number of aromatic nitrogens is 1. The second kappa shape index (κ2) is 9.52. The number of halogens is 1. The van der Waals surface area contributed by atoms with E-state index >= 15 is 0 Å². The highest BCUT2D eigenvalue weighted by molar-refractivity contribution is 9.10. The Bertz CT molecular complexity index is 843. The molecule has 1 aliphatic heterocycles. The lowest BCUT2D eigenvalue weighted by atomic mass is 9.81. The summed E-state index contributed by atoms with van der Waals surface area (Å²) in [6, 6.07) is 7.61. The van der Waals surface area contributed by atoms with Crippen LogP contribution in [0.5, 0.6) is 0 Å². The molecule has 0 spiro atoms. The van der Waals surface area contributed by atoms with Crippen molar-refractivity contribution in [3.05, 3.63) is 45.4 Å². The summed E-state index contributed by atoms with van der Waals surface area (Å²) in [7, 11) is 0. The molecular formula is C20H23BrN4O2S. The molecule has 1 saturated heterocycles. The number of anilines is 1. The van der Waals surface area contributed by atoms with E-state index in [1.54, 1.807) is 0 Å². The van der Waals surface area contributed by atoms with Gasteiger partial charge in [-0.25, -0.2) is 9.78 Å². The molecule has 0 saturated carbocycles. The highest BCUT2D eigenvalue weighted by atomic mass is 79.9. The first kappa shape index (κ1) is 20.8. The molecule has 148 valence electrons. The summed E-state index contributed by atoms with van der Waals surface area (Å²) < 4.78 is 6.31. The number of hydrogen-bond acceptors (Lipinski definition) is 5. The number of hydrogen-bond donors (Lipinski definition) is 2. The van der Waals surface area contributed by atoms with Crippen molar-refractivity contribution in [2.45, 2.75) is 12.3 Å². The number of carbonyl (C=O) groups is 1. The Morgan fingerprint density at radius 1 is 1.39 bits per heavy atom. The van der Waals surface area contributed by atoms with Gasteiger partial charge in [-0.2, -0.15) is 0 Å². The molecule has 0 bridgehead atoms. The van der Waals surface area contributed by atoms with Crippen LogP contribution in [-0.2, 0) is 10.2 Å². The third kappa shape index (κ3) is 5.11. The first-order valence-corrected chi connectivity index (χ1v) is 10.7. The zero-order valence-electron chi connectivity index (χ0n) is 15.7. The zero-order chi connectivity index (χ0) is 20.0. The maximum absolute atomic E-state index is 12.1. The molecule has 2 N–H and O–H groups in total. The van der Waals surface area contributed by atoms with Crippen molar-refractivity contribution in [3.8, 4) is 12.3 Å². The second-order valence-corrected chi connectivity index (χ2v) is 8.42. The van der Waals surface area contributed by atoms with Crippen molar-refractivity contribution in [1.82, 2.24) is 15.2 Å². The van der Waals surface area contributed by atoms with Gasteiger partial charge in [0.1, 0.15) is 0 Å². The summed E-state index contributed by atoms with van der Waals surface area (Å²) in [6.45, 7) is 6.64. The number of morpholine rings is 1. The van der Waals surface area contributed by atoms with Crippen molar-refractivity contribution in [1.29, 1.82) is 0 Å². The molecule has 0 radical (unpaired) electrons. The van der Waals surface area contributed by atoms with Crippen LogP contribution < -0.4 is 10.6 Å². The van der Waals surface area contributed by atoms with Crippen molar-refractivity contribution in [2.75, 3.05) is 44.7 Å². The van der Waals surface area contributed by atoms with Gasteiger partial charge in [-0.1, -0.05) is 34.0 Å². The third-order valence-electron chi connectivity index (χ3n) is 4.76. The average molecular weight is 463 g/mol. The number of nitrogens with one attached hydrogen (secondary N) is 2. The monoisotopic (exact) mass is 462 g/mol. The fraction of sp³-hybridized carbons (Fsp3) is 0.400. The smallest absolute Gasteiger partial charge is 0.321 e. The molecule has 1 aromatic carbocycles. The number of rotatable bonds is 6. The first-order chi connectivity index (χ1) is 13.5. The predicted molar refractivity (Wildman–Crippen MR) is 116 cm³/mol. The van der Waals surface area contributed by atoms with Crippen LogP contribution >= 0.6 is 27.3 Å². The zero-order valence-corrected chi connectivity index (χ0v) is 18.1. The molecule has 1 fully saturated rings. The van der Waals surface area contributed by atoms with Gasteiger partial charge in [0.15, 0.2) is 5.13 Å². The molecule has 8 heteroatoms. The maximum Gasteiger partial charge on any atom is 0.321 e. The van der Waals surface area contributed by atoms with Gasteiger partial charge in [-0.15, -0.1) is 17.8 Å². The molecule has 1 aliphatic rings. The number of nitrogens with zero attached hydrogens (tertiary/aromatic N) is 2. The van der Waals surface area contributed by atoms with Crippen molar-refractivity contribution >= 4 is 38.4 Å². The van der Waals surface area contributed by atoms with Gasteiger partial charge < -0.3 is 10.1 Å². The van der Waals surface area contributed by atoms with Crippen LogP contribution in [0.15, 0.2) is 34.1 Å². The summed E-state index contributed by atoms with van der Waals surface area (Å²) in [4.78, 5) is 19.0. The summed E-state index contributed by atoms with van der Waals surface area (Å²) >= 11 is 4.80. The van der Waals surface area contributed by atoms with Gasteiger partial charge in [0.2, 0.25) is 0 Å². The van der Waals surface area contributed by atoms with Crippen molar-refractivity contribution in [3.63, 3.8) is 0 Å². The first-order valence-electron chi connectivity index (χ1n) is 9.06. The number of amides is 2. The highest BCUT2D eigenvalue weighted by Gasteiger charge is 2.29. The van der Waals surface area contributed by atoms with Crippen LogP contribution in [0.1, 0.15) is 18.2 Å². The minimum Gasteiger partial charge on any atom is -0.379 e. The van der Waals surface area contributed by atoms with Gasteiger partial charge in [0.25, 0.3) is 0 Å². The highest BCUT2D eigenvalue weighted by Crippen LogP contribution is 2.33. The number of urea groups is 1. The minimum atomic E-state index is -0.663. The van der Waals surface area contributed by atoms with Crippen LogP contribution in [0.4, 0.5) is 9.93 Å². The van der Waals surface area contributed by atoms with E-state index in [4.69, 9.17) is 11.2 Å². The Morgan fingerprint density at radius 2 is 2.11 bits per heavy atom. The minimum absolute atomic E-state index is 0.264. The van der Waals surface area contributed by atoms with Crippen molar-refractivity contribution < 1.29 is 9.53 Å².